The highest BCUT2D eigenvalue weighted by Gasteiger charge is 2.17. The second-order valence-electron chi connectivity index (χ2n) is 2.12. The van der Waals surface area contributed by atoms with Crippen LogP contribution in [0.4, 0.5) is 0 Å². The van der Waals surface area contributed by atoms with Gasteiger partial charge in [0.05, 0.1) is 6.07 Å². The molecule has 2 N–H and O–H groups in total. The van der Waals surface area contributed by atoms with E-state index in [0.29, 0.717) is 6.07 Å². The van der Waals surface area contributed by atoms with E-state index >= 15 is 0 Å². The van der Waals surface area contributed by atoms with Crippen molar-refractivity contribution >= 4 is 12.3 Å². The van der Waals surface area contributed by atoms with Gasteiger partial charge in [-0.3, -0.25) is 4.79 Å². The van der Waals surface area contributed by atoms with Crippen molar-refractivity contribution in [2.45, 2.75) is 0 Å². The van der Waals surface area contributed by atoms with Gasteiger partial charge in [-0.05, 0) is 0 Å². The molecule has 0 aliphatic heterocycles. The van der Waals surface area contributed by atoms with Crippen molar-refractivity contribution in [3.05, 3.63) is 27.8 Å². The molecule has 0 aromatic carbocycles. The Morgan fingerprint density at radius 3 is 2.62 bits per heavy atom. The minimum atomic E-state index is -1.59. The molecule has 0 saturated carbocycles. The average molecular weight is 184 g/mol. The minimum absolute atomic E-state index is 0.0989. The van der Waals surface area contributed by atoms with E-state index in [-0.39, 0.29) is 6.29 Å². The van der Waals surface area contributed by atoms with E-state index in [9.17, 15) is 14.4 Å². The lowest BCUT2D eigenvalue weighted by Gasteiger charge is -1.98. The van der Waals surface area contributed by atoms with Gasteiger partial charge in [-0.25, -0.2) is 9.59 Å². The predicted octanol–water partition coefficient (Wildman–Crippen LogP) is -0.144. The van der Waals surface area contributed by atoms with Gasteiger partial charge in [-0.2, -0.15) is 0 Å². The summed E-state index contributed by atoms with van der Waals surface area (Å²) < 4.78 is 4.20. The van der Waals surface area contributed by atoms with Crippen LogP contribution in [-0.4, -0.2) is 22.5 Å². The van der Waals surface area contributed by atoms with E-state index < -0.39 is 28.7 Å². The van der Waals surface area contributed by atoms with E-state index in [0.717, 1.165) is 0 Å². The molecule has 1 aromatic heterocycles. The third-order valence-corrected chi connectivity index (χ3v) is 1.29. The van der Waals surface area contributed by atoms with Crippen LogP contribution in [0.25, 0.3) is 0 Å². The Morgan fingerprint density at radius 1 is 1.54 bits per heavy atom. The Balaban J connectivity index is 3.56. The lowest BCUT2D eigenvalue weighted by molar-refractivity contribution is 0.0651. The fraction of sp³-hybridized carbons (Fsp3) is 0. The molecule has 6 nitrogen and oxygen atoms in total. The number of aldehydes is 1. The number of carboxylic acids is 1. The van der Waals surface area contributed by atoms with Crippen molar-refractivity contribution in [2.24, 2.45) is 0 Å². The maximum atomic E-state index is 10.6. The molecule has 6 heteroatoms. The maximum absolute atomic E-state index is 10.6. The molecule has 0 fully saturated rings. The fourth-order valence-electron chi connectivity index (χ4n) is 0.763. The summed E-state index contributed by atoms with van der Waals surface area (Å²) in [6.07, 6.45) is 0.0989. The maximum Gasteiger partial charge on any atom is 0.372 e. The third-order valence-electron chi connectivity index (χ3n) is 1.29. The average Bonchev–Trinajstić information content (AvgIpc) is 2.02. The number of hydrogen-bond donors (Lipinski definition) is 2. The summed E-state index contributed by atoms with van der Waals surface area (Å²) in [5, 5.41) is 17.4. The molecule has 1 rings (SSSR count). The Morgan fingerprint density at radius 2 is 2.15 bits per heavy atom. The highest BCUT2D eigenvalue weighted by Crippen LogP contribution is 2.15. The highest BCUT2D eigenvalue weighted by molar-refractivity contribution is 5.96. The quantitative estimate of drug-likeness (QED) is 0.619. The fourth-order valence-corrected chi connectivity index (χ4v) is 0.763. The predicted molar refractivity (Wildman–Crippen MR) is 39.0 cm³/mol. The lowest BCUT2D eigenvalue weighted by atomic mass is 10.2. The number of rotatable bonds is 2. The summed E-state index contributed by atoms with van der Waals surface area (Å²) in [6.45, 7) is 0. The topological polar surface area (TPSA) is 105 Å². The van der Waals surface area contributed by atoms with Crippen LogP contribution < -0.4 is 5.63 Å². The van der Waals surface area contributed by atoms with Gasteiger partial charge in [0.15, 0.2) is 6.29 Å². The van der Waals surface area contributed by atoms with Gasteiger partial charge in [-0.1, -0.05) is 0 Å². The number of hydrogen-bond acceptors (Lipinski definition) is 5. The second-order valence-corrected chi connectivity index (χ2v) is 2.12. The van der Waals surface area contributed by atoms with Crippen molar-refractivity contribution in [1.29, 1.82) is 0 Å². The summed E-state index contributed by atoms with van der Waals surface area (Å²) in [5.41, 5.74) is -1.58. The SMILES string of the molecule is O=Cc1c(O)cc(=O)oc1C(=O)O. The Hall–Kier alpha value is -2.11. The summed E-state index contributed by atoms with van der Waals surface area (Å²) in [5.74, 6) is -3.15. The van der Waals surface area contributed by atoms with Crippen LogP contribution in [0.1, 0.15) is 20.9 Å². The zero-order valence-corrected chi connectivity index (χ0v) is 6.18. The molecule has 0 aliphatic carbocycles. The number of aromatic carboxylic acids is 1. The van der Waals surface area contributed by atoms with Crippen LogP contribution in [0.2, 0.25) is 0 Å². The van der Waals surface area contributed by atoms with Crippen LogP contribution >= 0.6 is 0 Å². The van der Waals surface area contributed by atoms with Crippen LogP contribution in [0.5, 0.6) is 5.75 Å². The molecule has 1 heterocycles. The number of carbonyl (C=O) groups excluding carboxylic acids is 1. The molecule has 0 spiro atoms. The molecule has 0 saturated heterocycles. The first-order chi connectivity index (χ1) is 6.06. The second kappa shape index (κ2) is 3.10. The molecule has 0 amide bonds. The van der Waals surface area contributed by atoms with Crippen molar-refractivity contribution in [3.8, 4) is 5.75 Å². The third kappa shape index (κ3) is 1.56. The molecule has 0 radical (unpaired) electrons. The van der Waals surface area contributed by atoms with Gasteiger partial charge < -0.3 is 14.6 Å². The molecule has 0 unspecified atom stereocenters. The number of carboxylic acid groups (broad SMARTS) is 1. The summed E-state index contributed by atoms with van der Waals surface area (Å²) in [6, 6.07) is 0.621. The van der Waals surface area contributed by atoms with Crippen LogP contribution in [0, 0.1) is 0 Å². The van der Waals surface area contributed by atoms with Crippen LogP contribution in [0.15, 0.2) is 15.3 Å². The van der Waals surface area contributed by atoms with E-state index in [1.165, 1.54) is 0 Å². The number of carbonyl (C=O) groups is 2. The van der Waals surface area contributed by atoms with E-state index in [2.05, 4.69) is 4.42 Å². The van der Waals surface area contributed by atoms with Gasteiger partial charge in [0.25, 0.3) is 0 Å². The van der Waals surface area contributed by atoms with Crippen molar-refractivity contribution < 1.29 is 24.2 Å². The van der Waals surface area contributed by atoms with Gasteiger partial charge >= 0.3 is 11.6 Å². The monoisotopic (exact) mass is 184 g/mol. The molecular weight excluding hydrogens is 180 g/mol. The summed E-state index contributed by atoms with van der Waals surface area (Å²) in [7, 11) is 0. The first-order valence-electron chi connectivity index (χ1n) is 3.12. The lowest BCUT2D eigenvalue weighted by Crippen LogP contribution is -2.08. The molecule has 0 bridgehead atoms. The van der Waals surface area contributed by atoms with E-state index in [1.54, 1.807) is 0 Å². The van der Waals surface area contributed by atoms with Crippen molar-refractivity contribution in [2.75, 3.05) is 0 Å². The molecular formula is C7H4O6. The molecule has 0 aliphatic rings. The van der Waals surface area contributed by atoms with Gasteiger partial charge in [0.2, 0.25) is 5.76 Å². The van der Waals surface area contributed by atoms with Crippen LogP contribution in [-0.2, 0) is 0 Å². The summed E-state index contributed by atoms with van der Waals surface area (Å²) in [4.78, 5) is 31.2. The molecule has 0 atom stereocenters. The highest BCUT2D eigenvalue weighted by atomic mass is 16.4. The Labute approximate surface area is 71.0 Å². The first-order valence-corrected chi connectivity index (χ1v) is 3.12. The van der Waals surface area contributed by atoms with Gasteiger partial charge in [0.1, 0.15) is 11.3 Å². The van der Waals surface area contributed by atoms with E-state index in [4.69, 9.17) is 10.2 Å². The zero-order valence-electron chi connectivity index (χ0n) is 6.18. The largest absolute Gasteiger partial charge is 0.507 e. The standard InChI is InChI=1S/C7H4O6/c8-2-3-4(9)1-5(10)13-6(3)7(11)12/h1-2,9H,(H,11,12). The van der Waals surface area contributed by atoms with Gasteiger partial charge in [0, 0.05) is 0 Å². The summed E-state index contributed by atoms with van der Waals surface area (Å²) >= 11 is 0. The van der Waals surface area contributed by atoms with E-state index in [1.807, 2.05) is 0 Å². The van der Waals surface area contributed by atoms with Crippen molar-refractivity contribution in [3.63, 3.8) is 0 Å². The van der Waals surface area contributed by atoms with Crippen LogP contribution in [0.3, 0.4) is 0 Å². The molecule has 68 valence electrons. The number of aromatic hydroxyl groups is 1. The molecule has 1 aromatic rings. The Bertz CT molecular complexity index is 415. The van der Waals surface area contributed by atoms with Crippen molar-refractivity contribution in [1.82, 2.24) is 0 Å². The smallest absolute Gasteiger partial charge is 0.372 e. The zero-order chi connectivity index (χ0) is 10.0. The molecule has 13 heavy (non-hydrogen) atoms. The first kappa shape index (κ1) is 8.98. The Kier molecular flexibility index (Phi) is 2.14. The normalized spacial score (nSPS) is 9.54. The van der Waals surface area contributed by atoms with Gasteiger partial charge in [-0.15, -0.1) is 0 Å². The minimum Gasteiger partial charge on any atom is -0.507 e.